The van der Waals surface area contributed by atoms with Crippen LogP contribution in [-0.4, -0.2) is 34.3 Å². The van der Waals surface area contributed by atoms with Crippen molar-refractivity contribution in [3.8, 4) is 0 Å². The SMILES string of the molecule is O=C(NCc1ccc[nH]1)[C@H]1CC(=O)N(C2CCCCCC2)C1. The summed E-state index contributed by atoms with van der Waals surface area (Å²) in [5, 5.41) is 2.93. The van der Waals surface area contributed by atoms with E-state index in [-0.39, 0.29) is 17.7 Å². The number of hydrogen-bond acceptors (Lipinski definition) is 2. The standard InChI is InChI=1S/C17H25N3O2/c21-16-10-13(17(22)19-11-14-6-5-9-18-14)12-20(16)15-7-3-1-2-4-8-15/h5-6,9,13,15,18H,1-4,7-8,10-12H2,(H,19,22)/t13-/m0/s1. The summed E-state index contributed by atoms with van der Waals surface area (Å²) >= 11 is 0. The lowest BCUT2D eigenvalue weighted by Gasteiger charge is -2.27. The van der Waals surface area contributed by atoms with Gasteiger partial charge < -0.3 is 15.2 Å². The molecule has 22 heavy (non-hydrogen) atoms. The van der Waals surface area contributed by atoms with Gasteiger partial charge in [0.1, 0.15) is 0 Å². The van der Waals surface area contributed by atoms with E-state index in [1.807, 2.05) is 23.2 Å². The van der Waals surface area contributed by atoms with Crippen molar-refractivity contribution in [3.05, 3.63) is 24.0 Å². The molecule has 3 rings (SSSR count). The summed E-state index contributed by atoms with van der Waals surface area (Å²) in [6, 6.07) is 4.21. The zero-order chi connectivity index (χ0) is 15.4. The topological polar surface area (TPSA) is 65.2 Å². The summed E-state index contributed by atoms with van der Waals surface area (Å²) in [4.78, 5) is 29.6. The highest BCUT2D eigenvalue weighted by molar-refractivity contribution is 5.89. The van der Waals surface area contributed by atoms with Crippen molar-refractivity contribution in [2.45, 2.75) is 57.5 Å². The molecule has 1 aromatic rings. The molecule has 2 amide bonds. The largest absolute Gasteiger partial charge is 0.364 e. The Hall–Kier alpha value is -1.78. The molecule has 2 N–H and O–H groups in total. The van der Waals surface area contributed by atoms with Crippen LogP contribution in [0.25, 0.3) is 0 Å². The number of carbonyl (C=O) groups is 2. The van der Waals surface area contributed by atoms with Crippen LogP contribution in [0.2, 0.25) is 0 Å². The zero-order valence-corrected chi connectivity index (χ0v) is 13.0. The lowest BCUT2D eigenvalue weighted by Crippen LogP contribution is -2.38. The van der Waals surface area contributed by atoms with Crippen molar-refractivity contribution < 1.29 is 9.59 Å². The minimum absolute atomic E-state index is 0.000859. The van der Waals surface area contributed by atoms with Crippen molar-refractivity contribution in [2.75, 3.05) is 6.54 Å². The molecule has 1 aromatic heterocycles. The minimum atomic E-state index is -0.189. The van der Waals surface area contributed by atoms with Gasteiger partial charge in [-0.25, -0.2) is 0 Å². The summed E-state index contributed by atoms with van der Waals surface area (Å²) in [5.41, 5.74) is 0.985. The highest BCUT2D eigenvalue weighted by atomic mass is 16.2. The maximum Gasteiger partial charge on any atom is 0.225 e. The third kappa shape index (κ3) is 3.51. The first-order valence-electron chi connectivity index (χ1n) is 8.43. The Morgan fingerprint density at radius 2 is 2.05 bits per heavy atom. The third-order valence-electron chi connectivity index (χ3n) is 4.91. The molecule has 2 aliphatic rings. The van der Waals surface area contributed by atoms with E-state index in [0.29, 0.717) is 25.6 Å². The number of amides is 2. The Balaban J connectivity index is 1.53. The molecular formula is C17H25N3O2. The molecule has 1 saturated carbocycles. The first-order valence-corrected chi connectivity index (χ1v) is 8.43. The van der Waals surface area contributed by atoms with Crippen LogP contribution >= 0.6 is 0 Å². The van der Waals surface area contributed by atoms with Gasteiger partial charge in [0.05, 0.1) is 12.5 Å². The Kier molecular flexibility index (Phi) is 4.80. The van der Waals surface area contributed by atoms with Crippen LogP contribution in [-0.2, 0) is 16.1 Å². The van der Waals surface area contributed by atoms with Gasteiger partial charge in [-0.3, -0.25) is 9.59 Å². The molecule has 1 aliphatic carbocycles. The predicted molar refractivity (Wildman–Crippen MR) is 83.9 cm³/mol. The number of aromatic amines is 1. The molecule has 1 aliphatic heterocycles. The molecule has 0 unspecified atom stereocenters. The number of likely N-dealkylation sites (tertiary alicyclic amines) is 1. The first-order chi connectivity index (χ1) is 10.7. The van der Waals surface area contributed by atoms with Gasteiger partial charge in [0.2, 0.25) is 11.8 Å². The molecule has 1 saturated heterocycles. The van der Waals surface area contributed by atoms with E-state index < -0.39 is 0 Å². The zero-order valence-electron chi connectivity index (χ0n) is 13.0. The predicted octanol–water partition coefficient (Wildman–Crippen LogP) is 2.20. The summed E-state index contributed by atoms with van der Waals surface area (Å²) in [5.74, 6) is -0.0308. The second-order valence-electron chi connectivity index (χ2n) is 6.51. The van der Waals surface area contributed by atoms with Gasteiger partial charge in [0, 0.05) is 30.9 Å². The molecule has 120 valence electrons. The molecule has 2 fully saturated rings. The van der Waals surface area contributed by atoms with Gasteiger partial charge in [-0.15, -0.1) is 0 Å². The van der Waals surface area contributed by atoms with Crippen LogP contribution < -0.4 is 5.32 Å². The van der Waals surface area contributed by atoms with Gasteiger partial charge in [-0.05, 0) is 25.0 Å². The number of carbonyl (C=O) groups excluding carboxylic acids is 2. The van der Waals surface area contributed by atoms with Crippen LogP contribution in [0, 0.1) is 5.92 Å². The molecule has 5 nitrogen and oxygen atoms in total. The summed E-state index contributed by atoms with van der Waals surface area (Å²) < 4.78 is 0. The van der Waals surface area contributed by atoms with Gasteiger partial charge in [-0.1, -0.05) is 25.7 Å². The highest BCUT2D eigenvalue weighted by Crippen LogP contribution is 2.28. The molecule has 0 radical (unpaired) electrons. The van der Waals surface area contributed by atoms with Crippen molar-refractivity contribution in [1.82, 2.24) is 15.2 Å². The van der Waals surface area contributed by atoms with Gasteiger partial charge >= 0.3 is 0 Å². The number of hydrogen-bond donors (Lipinski definition) is 2. The van der Waals surface area contributed by atoms with Crippen LogP contribution in [0.3, 0.4) is 0 Å². The van der Waals surface area contributed by atoms with Crippen molar-refractivity contribution in [3.63, 3.8) is 0 Å². The Bertz CT molecular complexity index is 504. The second-order valence-corrected chi connectivity index (χ2v) is 6.51. The molecule has 0 bridgehead atoms. The number of nitrogens with zero attached hydrogens (tertiary/aromatic N) is 1. The van der Waals surface area contributed by atoms with Crippen molar-refractivity contribution in [1.29, 1.82) is 0 Å². The van der Waals surface area contributed by atoms with E-state index in [1.54, 1.807) is 0 Å². The second kappa shape index (κ2) is 6.99. The number of aromatic nitrogens is 1. The van der Waals surface area contributed by atoms with Crippen LogP contribution in [0.5, 0.6) is 0 Å². The number of H-pyrrole nitrogens is 1. The normalized spacial score (nSPS) is 23.5. The van der Waals surface area contributed by atoms with Crippen molar-refractivity contribution in [2.24, 2.45) is 5.92 Å². The van der Waals surface area contributed by atoms with Crippen LogP contribution in [0.15, 0.2) is 18.3 Å². The molecule has 0 spiro atoms. The molecule has 1 atom stereocenters. The Morgan fingerprint density at radius 1 is 1.27 bits per heavy atom. The molecular weight excluding hydrogens is 278 g/mol. The van der Waals surface area contributed by atoms with E-state index >= 15 is 0 Å². The summed E-state index contributed by atoms with van der Waals surface area (Å²) in [7, 11) is 0. The summed E-state index contributed by atoms with van der Waals surface area (Å²) in [6.45, 7) is 1.10. The quantitative estimate of drug-likeness (QED) is 0.838. The van der Waals surface area contributed by atoms with E-state index in [4.69, 9.17) is 0 Å². The van der Waals surface area contributed by atoms with Crippen LogP contribution in [0.4, 0.5) is 0 Å². The van der Waals surface area contributed by atoms with E-state index in [9.17, 15) is 9.59 Å². The molecule has 0 aromatic carbocycles. The van der Waals surface area contributed by atoms with E-state index in [0.717, 1.165) is 18.5 Å². The highest BCUT2D eigenvalue weighted by Gasteiger charge is 2.37. The third-order valence-corrected chi connectivity index (χ3v) is 4.91. The average molecular weight is 303 g/mol. The van der Waals surface area contributed by atoms with Gasteiger partial charge in [0.15, 0.2) is 0 Å². The van der Waals surface area contributed by atoms with E-state index in [2.05, 4.69) is 10.3 Å². The Labute approximate surface area is 131 Å². The fourth-order valence-corrected chi connectivity index (χ4v) is 3.63. The Morgan fingerprint density at radius 3 is 2.73 bits per heavy atom. The maximum atomic E-state index is 12.3. The molecule has 2 heterocycles. The lowest BCUT2D eigenvalue weighted by molar-refractivity contribution is -0.130. The smallest absolute Gasteiger partial charge is 0.225 e. The van der Waals surface area contributed by atoms with Crippen molar-refractivity contribution >= 4 is 11.8 Å². The maximum absolute atomic E-state index is 12.3. The number of rotatable bonds is 4. The number of nitrogens with one attached hydrogen (secondary N) is 2. The van der Waals surface area contributed by atoms with Crippen LogP contribution in [0.1, 0.15) is 50.6 Å². The van der Waals surface area contributed by atoms with E-state index in [1.165, 1.54) is 25.7 Å². The first kappa shape index (κ1) is 15.1. The van der Waals surface area contributed by atoms with Gasteiger partial charge in [0.25, 0.3) is 0 Å². The minimum Gasteiger partial charge on any atom is -0.364 e. The average Bonchev–Trinajstić information content (AvgIpc) is 3.08. The monoisotopic (exact) mass is 303 g/mol. The van der Waals surface area contributed by atoms with Gasteiger partial charge in [-0.2, -0.15) is 0 Å². The fraction of sp³-hybridized carbons (Fsp3) is 0.647. The fourth-order valence-electron chi connectivity index (χ4n) is 3.63. The molecule has 5 heteroatoms. The summed E-state index contributed by atoms with van der Waals surface area (Å²) in [6.07, 6.45) is 9.37. The lowest BCUT2D eigenvalue weighted by atomic mass is 10.1.